The van der Waals surface area contributed by atoms with Crippen LogP contribution in [0.5, 0.6) is 0 Å². The lowest BCUT2D eigenvalue weighted by Gasteiger charge is -2.19. The van der Waals surface area contributed by atoms with E-state index >= 15 is 0 Å². The second kappa shape index (κ2) is 3.36. The van der Waals surface area contributed by atoms with Crippen LogP contribution < -0.4 is 5.32 Å². The summed E-state index contributed by atoms with van der Waals surface area (Å²) < 4.78 is 0. The van der Waals surface area contributed by atoms with Crippen LogP contribution in [0.15, 0.2) is 30.5 Å². The summed E-state index contributed by atoms with van der Waals surface area (Å²) in [7, 11) is 0. The number of benzene rings is 1. The van der Waals surface area contributed by atoms with Crippen molar-refractivity contribution in [1.82, 2.24) is 10.3 Å². The van der Waals surface area contributed by atoms with Crippen molar-refractivity contribution in [3.63, 3.8) is 0 Å². The normalized spacial score (nSPS) is 24.0. The second-order valence-electron chi connectivity index (χ2n) is 5.41. The van der Waals surface area contributed by atoms with Crippen LogP contribution in [0, 0.1) is 0 Å². The highest BCUT2D eigenvalue weighted by Crippen LogP contribution is 2.35. The predicted molar refractivity (Wildman–Crippen MR) is 67.5 cm³/mol. The van der Waals surface area contributed by atoms with Gasteiger partial charge in [0, 0.05) is 28.7 Å². The van der Waals surface area contributed by atoms with Crippen molar-refractivity contribution in [3.05, 3.63) is 36.0 Å². The Morgan fingerprint density at radius 3 is 2.81 bits per heavy atom. The maximum absolute atomic E-state index is 3.70. The van der Waals surface area contributed by atoms with Gasteiger partial charge in [-0.2, -0.15) is 0 Å². The Kier molecular flexibility index (Phi) is 2.08. The fourth-order valence-electron chi connectivity index (χ4n) is 2.74. The van der Waals surface area contributed by atoms with E-state index in [0.29, 0.717) is 6.04 Å². The lowest BCUT2D eigenvalue weighted by Crippen LogP contribution is -2.33. The minimum atomic E-state index is 0.281. The second-order valence-corrected chi connectivity index (χ2v) is 5.41. The molecule has 2 aromatic rings. The van der Waals surface area contributed by atoms with Crippen LogP contribution >= 0.6 is 0 Å². The number of aromatic amines is 1. The molecule has 1 aliphatic heterocycles. The van der Waals surface area contributed by atoms with Crippen molar-refractivity contribution in [2.24, 2.45) is 0 Å². The number of para-hydroxylation sites is 1. The molecule has 16 heavy (non-hydrogen) atoms. The minimum Gasteiger partial charge on any atom is -0.361 e. The highest BCUT2D eigenvalue weighted by atomic mass is 15.0. The third-order valence-corrected chi connectivity index (χ3v) is 3.62. The topological polar surface area (TPSA) is 27.8 Å². The summed E-state index contributed by atoms with van der Waals surface area (Å²) >= 11 is 0. The maximum atomic E-state index is 3.70. The van der Waals surface area contributed by atoms with E-state index in [-0.39, 0.29) is 5.54 Å². The van der Waals surface area contributed by atoms with Crippen molar-refractivity contribution in [3.8, 4) is 0 Å². The molecular formula is C14H18N2. The van der Waals surface area contributed by atoms with Crippen molar-refractivity contribution in [2.75, 3.05) is 0 Å². The van der Waals surface area contributed by atoms with E-state index < -0.39 is 0 Å². The average molecular weight is 214 g/mol. The summed E-state index contributed by atoms with van der Waals surface area (Å²) in [5.41, 5.74) is 2.94. The van der Waals surface area contributed by atoms with Crippen LogP contribution in [0.2, 0.25) is 0 Å². The molecule has 2 N–H and O–H groups in total. The third kappa shape index (κ3) is 1.54. The highest BCUT2D eigenvalue weighted by molar-refractivity contribution is 5.83. The van der Waals surface area contributed by atoms with Gasteiger partial charge in [-0.3, -0.25) is 0 Å². The SMILES string of the molecule is CC1(C)CCC(c2c[nH]c3ccccc23)N1. The Labute approximate surface area is 96.1 Å². The summed E-state index contributed by atoms with van der Waals surface area (Å²) in [6, 6.07) is 9.03. The molecule has 0 aliphatic carbocycles. The van der Waals surface area contributed by atoms with Gasteiger partial charge in [-0.05, 0) is 38.3 Å². The summed E-state index contributed by atoms with van der Waals surface area (Å²) in [6.45, 7) is 4.56. The van der Waals surface area contributed by atoms with Gasteiger partial charge in [-0.15, -0.1) is 0 Å². The molecule has 1 aromatic heterocycles. The summed E-state index contributed by atoms with van der Waals surface area (Å²) in [5, 5.41) is 5.06. The van der Waals surface area contributed by atoms with E-state index in [1.54, 1.807) is 0 Å². The van der Waals surface area contributed by atoms with Gasteiger partial charge in [-0.25, -0.2) is 0 Å². The van der Waals surface area contributed by atoms with Crippen LogP contribution in [-0.4, -0.2) is 10.5 Å². The largest absolute Gasteiger partial charge is 0.361 e. The molecule has 0 spiro atoms. The van der Waals surface area contributed by atoms with Gasteiger partial charge in [0.2, 0.25) is 0 Å². The molecule has 1 atom stereocenters. The number of hydrogen-bond donors (Lipinski definition) is 2. The van der Waals surface area contributed by atoms with Crippen molar-refractivity contribution < 1.29 is 0 Å². The Morgan fingerprint density at radius 1 is 1.25 bits per heavy atom. The summed E-state index contributed by atoms with van der Waals surface area (Å²) in [6.07, 6.45) is 4.63. The van der Waals surface area contributed by atoms with Crippen molar-refractivity contribution in [1.29, 1.82) is 0 Å². The number of nitrogens with one attached hydrogen (secondary N) is 2. The summed E-state index contributed by atoms with van der Waals surface area (Å²) in [5.74, 6) is 0. The minimum absolute atomic E-state index is 0.281. The average Bonchev–Trinajstić information content (AvgIpc) is 2.81. The molecule has 0 radical (unpaired) electrons. The number of aromatic nitrogens is 1. The first-order valence-corrected chi connectivity index (χ1v) is 5.99. The third-order valence-electron chi connectivity index (χ3n) is 3.62. The first kappa shape index (κ1) is 9.91. The lowest BCUT2D eigenvalue weighted by atomic mass is 10.0. The number of hydrogen-bond acceptors (Lipinski definition) is 1. The standard InChI is InChI=1S/C14H18N2/c1-14(2)8-7-13(16-14)11-9-15-12-6-4-3-5-10(11)12/h3-6,9,13,15-16H,7-8H2,1-2H3. The van der Waals surface area contributed by atoms with E-state index in [0.717, 1.165) is 0 Å². The van der Waals surface area contributed by atoms with E-state index in [9.17, 15) is 0 Å². The van der Waals surface area contributed by atoms with Gasteiger partial charge >= 0.3 is 0 Å². The van der Waals surface area contributed by atoms with Crippen LogP contribution in [0.3, 0.4) is 0 Å². The molecule has 84 valence electrons. The molecule has 1 aliphatic rings. The number of H-pyrrole nitrogens is 1. The fraction of sp³-hybridized carbons (Fsp3) is 0.429. The zero-order valence-corrected chi connectivity index (χ0v) is 9.88. The molecule has 2 nitrogen and oxygen atoms in total. The van der Waals surface area contributed by atoms with E-state index in [4.69, 9.17) is 0 Å². The molecule has 2 heteroatoms. The molecule has 3 rings (SSSR count). The molecule has 1 saturated heterocycles. The summed E-state index contributed by atoms with van der Waals surface area (Å²) in [4.78, 5) is 3.35. The van der Waals surface area contributed by atoms with Crippen LogP contribution in [0.4, 0.5) is 0 Å². The zero-order valence-electron chi connectivity index (χ0n) is 9.88. The van der Waals surface area contributed by atoms with Gasteiger partial charge in [0.25, 0.3) is 0 Å². The molecule has 0 saturated carbocycles. The molecule has 0 amide bonds. The quantitative estimate of drug-likeness (QED) is 0.748. The van der Waals surface area contributed by atoms with Crippen molar-refractivity contribution in [2.45, 2.75) is 38.3 Å². The number of fused-ring (bicyclic) bond motifs is 1. The van der Waals surface area contributed by atoms with Gasteiger partial charge in [0.15, 0.2) is 0 Å². The van der Waals surface area contributed by atoms with Crippen LogP contribution in [-0.2, 0) is 0 Å². The van der Waals surface area contributed by atoms with Gasteiger partial charge < -0.3 is 10.3 Å². The maximum Gasteiger partial charge on any atom is 0.0457 e. The zero-order chi connectivity index (χ0) is 11.2. The molecule has 1 unspecified atom stereocenters. The number of rotatable bonds is 1. The van der Waals surface area contributed by atoms with Crippen molar-refractivity contribution >= 4 is 10.9 Å². The van der Waals surface area contributed by atoms with E-state index in [1.807, 2.05) is 0 Å². The van der Waals surface area contributed by atoms with Gasteiger partial charge in [0.05, 0.1) is 0 Å². The Morgan fingerprint density at radius 2 is 2.06 bits per heavy atom. The molecule has 1 aromatic carbocycles. The molecule has 2 heterocycles. The van der Waals surface area contributed by atoms with E-state index in [1.165, 1.54) is 29.3 Å². The van der Waals surface area contributed by atoms with Gasteiger partial charge in [0.1, 0.15) is 0 Å². The van der Waals surface area contributed by atoms with Crippen LogP contribution in [0.1, 0.15) is 38.3 Å². The van der Waals surface area contributed by atoms with Crippen LogP contribution in [0.25, 0.3) is 10.9 Å². The first-order chi connectivity index (χ1) is 7.66. The smallest absolute Gasteiger partial charge is 0.0457 e. The Balaban J connectivity index is 2.01. The highest BCUT2D eigenvalue weighted by Gasteiger charge is 2.31. The monoisotopic (exact) mass is 214 g/mol. The van der Waals surface area contributed by atoms with Gasteiger partial charge in [-0.1, -0.05) is 18.2 Å². The molecule has 1 fully saturated rings. The Hall–Kier alpha value is -1.28. The lowest BCUT2D eigenvalue weighted by molar-refractivity contribution is 0.433. The first-order valence-electron chi connectivity index (χ1n) is 5.99. The Bertz CT molecular complexity index is 510. The molecular weight excluding hydrogens is 196 g/mol. The fourth-order valence-corrected chi connectivity index (χ4v) is 2.74. The predicted octanol–water partition coefficient (Wildman–Crippen LogP) is 3.37. The van der Waals surface area contributed by atoms with E-state index in [2.05, 4.69) is 54.6 Å². The molecule has 0 bridgehead atoms.